The summed E-state index contributed by atoms with van der Waals surface area (Å²) in [4.78, 5) is 12.0. The molecule has 2 saturated heterocycles. The van der Waals surface area contributed by atoms with E-state index in [1.165, 1.54) is 5.75 Å². The number of nitrogens with one attached hydrogen (secondary N) is 2. The summed E-state index contributed by atoms with van der Waals surface area (Å²) < 4.78 is 0. The van der Waals surface area contributed by atoms with Crippen molar-refractivity contribution in [3.05, 3.63) is 0 Å². The number of thioether (sulfide) groups is 2. The third-order valence-corrected chi connectivity index (χ3v) is 5.83. The summed E-state index contributed by atoms with van der Waals surface area (Å²) >= 11 is 3.71. The normalized spacial score (nSPS) is 33.6. The Morgan fingerprint density at radius 1 is 1.41 bits per heavy atom. The number of rotatable bonds is 2. The fourth-order valence-corrected chi connectivity index (χ4v) is 4.76. The molecule has 0 radical (unpaired) electrons. The Bertz CT molecular complexity index is 250. The van der Waals surface area contributed by atoms with Gasteiger partial charge in [0.15, 0.2) is 0 Å². The summed E-state index contributed by atoms with van der Waals surface area (Å²) in [6.45, 7) is 3.21. The highest BCUT2D eigenvalue weighted by Crippen LogP contribution is 2.24. The van der Waals surface area contributed by atoms with Gasteiger partial charge in [-0.3, -0.25) is 4.79 Å². The van der Waals surface area contributed by atoms with E-state index in [0.717, 1.165) is 30.9 Å². The molecule has 0 aromatic heterocycles. The summed E-state index contributed by atoms with van der Waals surface area (Å²) in [5.41, 5.74) is 0. The third kappa shape index (κ3) is 4.89. The maximum atomic E-state index is 12.0. The average molecular weight is 297 g/mol. The second-order valence-electron chi connectivity index (χ2n) is 4.52. The standard InChI is InChI=1S/C11H20N2OS2.ClH/c1-8-6-9(2-3-12-8)13-11(14)10-7-15-4-5-16-10;/h8-10,12H,2-7H2,1H3,(H,13,14);1H. The zero-order valence-corrected chi connectivity index (χ0v) is 12.6. The monoisotopic (exact) mass is 296 g/mol. The van der Waals surface area contributed by atoms with Crippen LogP contribution in [-0.2, 0) is 4.79 Å². The van der Waals surface area contributed by atoms with E-state index in [2.05, 4.69) is 17.6 Å². The smallest absolute Gasteiger partial charge is 0.234 e. The molecule has 2 fully saturated rings. The van der Waals surface area contributed by atoms with E-state index in [-0.39, 0.29) is 23.6 Å². The van der Waals surface area contributed by atoms with Gasteiger partial charge in [-0.2, -0.15) is 11.8 Å². The van der Waals surface area contributed by atoms with Crippen LogP contribution >= 0.6 is 35.9 Å². The van der Waals surface area contributed by atoms with Crippen LogP contribution in [0.25, 0.3) is 0 Å². The lowest BCUT2D eigenvalue weighted by Crippen LogP contribution is -2.49. The number of piperidine rings is 1. The van der Waals surface area contributed by atoms with Gasteiger partial charge in [0.2, 0.25) is 5.91 Å². The molecule has 17 heavy (non-hydrogen) atoms. The molecular weight excluding hydrogens is 276 g/mol. The van der Waals surface area contributed by atoms with Crippen molar-refractivity contribution in [3.8, 4) is 0 Å². The van der Waals surface area contributed by atoms with Crippen molar-refractivity contribution in [1.29, 1.82) is 0 Å². The molecule has 2 heterocycles. The molecule has 2 aliphatic heterocycles. The van der Waals surface area contributed by atoms with E-state index < -0.39 is 0 Å². The van der Waals surface area contributed by atoms with E-state index in [1.807, 2.05) is 23.5 Å². The van der Waals surface area contributed by atoms with E-state index >= 15 is 0 Å². The van der Waals surface area contributed by atoms with Crippen LogP contribution in [0.5, 0.6) is 0 Å². The molecule has 2 rings (SSSR count). The SMILES string of the molecule is CC1CC(NC(=O)C2CSCCS2)CCN1.Cl. The summed E-state index contributed by atoms with van der Waals surface area (Å²) in [7, 11) is 0. The first-order valence-electron chi connectivity index (χ1n) is 5.99. The number of carbonyl (C=O) groups is 1. The lowest BCUT2D eigenvalue weighted by Gasteiger charge is -2.30. The highest BCUT2D eigenvalue weighted by atomic mass is 35.5. The van der Waals surface area contributed by atoms with Gasteiger partial charge in [0, 0.05) is 29.3 Å². The van der Waals surface area contributed by atoms with Crippen molar-refractivity contribution < 1.29 is 4.79 Å². The first-order chi connectivity index (χ1) is 7.75. The molecule has 0 aromatic carbocycles. The molecule has 0 bridgehead atoms. The minimum absolute atomic E-state index is 0. The Morgan fingerprint density at radius 3 is 2.88 bits per heavy atom. The fourth-order valence-electron chi connectivity index (χ4n) is 2.20. The van der Waals surface area contributed by atoms with Crippen LogP contribution in [0.2, 0.25) is 0 Å². The minimum Gasteiger partial charge on any atom is -0.352 e. The molecule has 1 amide bonds. The highest BCUT2D eigenvalue weighted by Gasteiger charge is 2.26. The van der Waals surface area contributed by atoms with Gasteiger partial charge >= 0.3 is 0 Å². The average Bonchev–Trinajstić information content (AvgIpc) is 2.30. The minimum atomic E-state index is 0. The fraction of sp³-hybridized carbons (Fsp3) is 0.909. The quantitative estimate of drug-likeness (QED) is 0.811. The van der Waals surface area contributed by atoms with Crippen LogP contribution < -0.4 is 10.6 Å². The Morgan fingerprint density at radius 2 is 2.24 bits per heavy atom. The van der Waals surface area contributed by atoms with Crippen LogP contribution in [-0.4, -0.2) is 47.0 Å². The van der Waals surface area contributed by atoms with Crippen LogP contribution in [0.4, 0.5) is 0 Å². The number of amides is 1. The van der Waals surface area contributed by atoms with E-state index in [0.29, 0.717) is 12.1 Å². The Hall–Kier alpha value is 0.420. The van der Waals surface area contributed by atoms with Gasteiger partial charge in [-0.25, -0.2) is 0 Å². The number of hydrogen-bond acceptors (Lipinski definition) is 4. The number of carbonyl (C=O) groups excluding carboxylic acids is 1. The van der Waals surface area contributed by atoms with Gasteiger partial charge < -0.3 is 10.6 Å². The van der Waals surface area contributed by atoms with Crippen LogP contribution in [0.3, 0.4) is 0 Å². The predicted octanol–water partition coefficient (Wildman–Crippen LogP) is 1.51. The summed E-state index contributed by atoms with van der Waals surface area (Å²) in [6, 6.07) is 0.920. The zero-order chi connectivity index (χ0) is 11.4. The molecule has 0 aliphatic carbocycles. The molecule has 6 heteroatoms. The molecule has 3 atom stereocenters. The maximum Gasteiger partial charge on any atom is 0.234 e. The lowest BCUT2D eigenvalue weighted by molar-refractivity contribution is -0.121. The molecular formula is C11H21ClN2OS2. The Kier molecular flexibility index (Phi) is 7.07. The number of halogens is 1. The molecule has 2 N–H and O–H groups in total. The Balaban J connectivity index is 0.00000144. The van der Waals surface area contributed by atoms with Crippen molar-refractivity contribution in [1.82, 2.24) is 10.6 Å². The van der Waals surface area contributed by atoms with E-state index in [4.69, 9.17) is 0 Å². The molecule has 0 spiro atoms. The van der Waals surface area contributed by atoms with Gasteiger partial charge in [0.1, 0.15) is 0 Å². The van der Waals surface area contributed by atoms with E-state index in [9.17, 15) is 4.79 Å². The maximum absolute atomic E-state index is 12.0. The van der Waals surface area contributed by atoms with Crippen LogP contribution in [0.1, 0.15) is 19.8 Å². The summed E-state index contributed by atoms with van der Waals surface area (Å²) in [6.07, 6.45) is 2.14. The van der Waals surface area contributed by atoms with E-state index in [1.54, 1.807) is 0 Å². The Labute approximate surface area is 118 Å². The molecule has 100 valence electrons. The van der Waals surface area contributed by atoms with Gasteiger partial charge in [-0.1, -0.05) is 0 Å². The topological polar surface area (TPSA) is 41.1 Å². The third-order valence-electron chi connectivity index (χ3n) is 3.08. The largest absolute Gasteiger partial charge is 0.352 e. The highest BCUT2D eigenvalue weighted by molar-refractivity contribution is 8.07. The van der Waals surface area contributed by atoms with Crippen molar-refractivity contribution in [3.63, 3.8) is 0 Å². The molecule has 2 aliphatic rings. The zero-order valence-electron chi connectivity index (χ0n) is 10.1. The van der Waals surface area contributed by atoms with Crippen molar-refractivity contribution >= 4 is 41.8 Å². The molecule has 0 saturated carbocycles. The first kappa shape index (κ1) is 15.5. The van der Waals surface area contributed by atoms with Gasteiger partial charge in [-0.05, 0) is 26.3 Å². The first-order valence-corrected chi connectivity index (χ1v) is 8.19. The van der Waals surface area contributed by atoms with Gasteiger partial charge in [-0.15, -0.1) is 24.2 Å². The van der Waals surface area contributed by atoms with Crippen molar-refractivity contribution in [2.24, 2.45) is 0 Å². The summed E-state index contributed by atoms with van der Waals surface area (Å²) in [5.74, 6) is 3.55. The van der Waals surface area contributed by atoms with Gasteiger partial charge in [0.25, 0.3) is 0 Å². The van der Waals surface area contributed by atoms with Crippen LogP contribution in [0, 0.1) is 0 Å². The second kappa shape index (κ2) is 7.77. The van der Waals surface area contributed by atoms with Gasteiger partial charge in [0.05, 0.1) is 5.25 Å². The second-order valence-corrected chi connectivity index (χ2v) is 6.98. The lowest BCUT2D eigenvalue weighted by atomic mass is 10.0. The molecule has 3 unspecified atom stereocenters. The van der Waals surface area contributed by atoms with Crippen LogP contribution in [0.15, 0.2) is 0 Å². The number of hydrogen-bond donors (Lipinski definition) is 2. The van der Waals surface area contributed by atoms with Crippen molar-refractivity contribution in [2.75, 3.05) is 23.8 Å². The predicted molar refractivity (Wildman–Crippen MR) is 79.4 cm³/mol. The molecule has 0 aromatic rings. The van der Waals surface area contributed by atoms with Crippen molar-refractivity contribution in [2.45, 2.75) is 37.1 Å². The molecule has 3 nitrogen and oxygen atoms in total. The summed E-state index contributed by atoms with van der Waals surface area (Å²) in [5, 5.41) is 6.79.